The van der Waals surface area contributed by atoms with Gasteiger partial charge in [0, 0.05) is 26.2 Å². The molecular formula is C14H19Cl3N8O3. The molecule has 0 spiro atoms. The fourth-order valence-electron chi connectivity index (χ4n) is 2.78. The minimum absolute atomic E-state index is 0.121. The van der Waals surface area contributed by atoms with Gasteiger partial charge in [-0.3, -0.25) is 14.8 Å². The zero-order valence-corrected chi connectivity index (χ0v) is 16.9. The van der Waals surface area contributed by atoms with E-state index in [2.05, 4.69) is 30.5 Å². The second-order valence-corrected chi connectivity index (χ2v) is 8.40. The summed E-state index contributed by atoms with van der Waals surface area (Å²) in [5.41, 5.74) is 6.46. The largest absolute Gasteiger partial charge is 0.465 e. The Morgan fingerprint density at radius 3 is 2.71 bits per heavy atom. The monoisotopic (exact) mass is 452 g/mol. The smallest absolute Gasteiger partial charge is 0.406 e. The number of nitrogens with zero attached hydrogens (tertiary/aromatic N) is 5. The number of morpholine rings is 1. The summed E-state index contributed by atoms with van der Waals surface area (Å²) in [6.45, 7) is 4.51. The molecule has 154 valence electrons. The number of hydrogen-bond acceptors (Lipinski definition) is 8. The molecule has 1 saturated heterocycles. The normalized spacial score (nSPS) is 16.8. The highest BCUT2D eigenvalue weighted by atomic mass is 35.6. The molecule has 1 aliphatic heterocycles. The second-order valence-electron chi connectivity index (χ2n) is 6.03. The number of nitrogens with one attached hydrogen (secondary N) is 2. The molecule has 3 heterocycles. The number of alkyl halides is 3. The number of halogens is 3. The van der Waals surface area contributed by atoms with Crippen molar-refractivity contribution >= 4 is 63.8 Å². The Morgan fingerprint density at radius 2 is 2.07 bits per heavy atom. The van der Waals surface area contributed by atoms with Crippen LogP contribution in [0.3, 0.4) is 0 Å². The lowest BCUT2D eigenvalue weighted by atomic mass is 10.4. The zero-order chi connectivity index (χ0) is 20.3. The van der Waals surface area contributed by atoms with E-state index in [4.69, 9.17) is 50.4 Å². The van der Waals surface area contributed by atoms with E-state index in [1.165, 1.54) is 10.9 Å². The standard InChI is InChI=1S/C14H19Cl3N8O3/c15-14(16,17)11(23-13(26)27)25-7-20-8-9(18)21-12(22-10(8)25)19-1-2-24-3-5-28-6-4-24/h7,11,23H,1-6H2,(H,26,27)(H3,18,19,21,22). The Labute approximate surface area is 175 Å². The van der Waals surface area contributed by atoms with E-state index in [1.807, 2.05) is 0 Å². The summed E-state index contributed by atoms with van der Waals surface area (Å²) < 4.78 is 4.62. The molecule has 0 saturated carbocycles. The summed E-state index contributed by atoms with van der Waals surface area (Å²) in [6, 6.07) is 0. The molecule has 1 amide bonds. The summed E-state index contributed by atoms with van der Waals surface area (Å²) in [5.74, 6) is 0.384. The van der Waals surface area contributed by atoms with Crippen molar-refractivity contribution in [1.29, 1.82) is 0 Å². The minimum atomic E-state index is -1.99. The molecule has 2 aromatic rings. The van der Waals surface area contributed by atoms with Gasteiger partial charge in [0.2, 0.25) is 9.74 Å². The van der Waals surface area contributed by atoms with Crippen LogP contribution in [-0.2, 0) is 4.74 Å². The lowest BCUT2D eigenvalue weighted by Crippen LogP contribution is -2.39. The molecule has 11 nitrogen and oxygen atoms in total. The van der Waals surface area contributed by atoms with Crippen LogP contribution in [-0.4, -0.2) is 78.8 Å². The van der Waals surface area contributed by atoms with Crippen LogP contribution >= 0.6 is 34.8 Å². The molecule has 5 N–H and O–H groups in total. The Kier molecular flexibility index (Phi) is 6.50. The van der Waals surface area contributed by atoms with E-state index in [1.54, 1.807) is 0 Å². The third-order valence-electron chi connectivity index (χ3n) is 4.11. The number of nitrogens with two attached hydrogens (primary N) is 1. The van der Waals surface area contributed by atoms with Gasteiger partial charge in [0.05, 0.1) is 19.5 Å². The average Bonchev–Trinajstić information content (AvgIpc) is 3.03. The number of amides is 1. The first kappa shape index (κ1) is 20.9. The Hall–Kier alpha value is -1.79. The zero-order valence-electron chi connectivity index (χ0n) is 14.6. The number of hydrogen-bond donors (Lipinski definition) is 4. The fraction of sp³-hybridized carbons (Fsp3) is 0.571. The highest BCUT2D eigenvalue weighted by Crippen LogP contribution is 2.38. The highest BCUT2D eigenvalue weighted by Gasteiger charge is 2.37. The number of fused-ring (bicyclic) bond motifs is 1. The third-order valence-corrected chi connectivity index (χ3v) is 4.73. The molecule has 1 aliphatic rings. The predicted octanol–water partition coefficient (Wildman–Crippen LogP) is 1.29. The van der Waals surface area contributed by atoms with Gasteiger partial charge in [0.25, 0.3) is 0 Å². The molecule has 0 bridgehead atoms. The van der Waals surface area contributed by atoms with Crippen molar-refractivity contribution in [3.8, 4) is 0 Å². The number of carbonyl (C=O) groups is 1. The molecule has 1 fully saturated rings. The molecule has 1 atom stereocenters. The third kappa shape index (κ3) is 4.97. The van der Waals surface area contributed by atoms with Gasteiger partial charge in [-0.05, 0) is 0 Å². The van der Waals surface area contributed by atoms with Gasteiger partial charge in [0.1, 0.15) is 5.52 Å². The number of imidazole rings is 1. The van der Waals surface area contributed by atoms with Crippen LogP contribution in [0.5, 0.6) is 0 Å². The van der Waals surface area contributed by atoms with Crippen molar-refractivity contribution in [3.05, 3.63) is 6.33 Å². The maximum atomic E-state index is 11.1. The van der Waals surface area contributed by atoms with Crippen molar-refractivity contribution < 1.29 is 14.6 Å². The first-order chi connectivity index (χ1) is 13.3. The van der Waals surface area contributed by atoms with Crippen LogP contribution < -0.4 is 16.4 Å². The van der Waals surface area contributed by atoms with Gasteiger partial charge in [0.15, 0.2) is 17.6 Å². The van der Waals surface area contributed by atoms with Crippen molar-refractivity contribution in [3.63, 3.8) is 0 Å². The number of carboxylic acid groups (broad SMARTS) is 1. The van der Waals surface area contributed by atoms with Gasteiger partial charge in [-0.1, -0.05) is 34.8 Å². The highest BCUT2D eigenvalue weighted by molar-refractivity contribution is 6.68. The van der Waals surface area contributed by atoms with E-state index in [-0.39, 0.29) is 22.9 Å². The van der Waals surface area contributed by atoms with Crippen LogP contribution in [0.1, 0.15) is 6.17 Å². The first-order valence-corrected chi connectivity index (χ1v) is 9.49. The maximum Gasteiger partial charge on any atom is 0.406 e. The topological polar surface area (TPSA) is 143 Å². The van der Waals surface area contributed by atoms with E-state index in [0.717, 1.165) is 19.6 Å². The van der Waals surface area contributed by atoms with E-state index >= 15 is 0 Å². The summed E-state index contributed by atoms with van der Waals surface area (Å²) >= 11 is 17.8. The van der Waals surface area contributed by atoms with Crippen molar-refractivity contribution in [2.75, 3.05) is 50.4 Å². The van der Waals surface area contributed by atoms with Crippen molar-refractivity contribution in [2.45, 2.75) is 9.96 Å². The number of anilines is 2. The van der Waals surface area contributed by atoms with Crippen molar-refractivity contribution in [2.24, 2.45) is 0 Å². The fourth-order valence-corrected chi connectivity index (χ4v) is 3.26. The van der Waals surface area contributed by atoms with Gasteiger partial charge >= 0.3 is 6.09 Å². The second kappa shape index (κ2) is 8.70. The molecule has 28 heavy (non-hydrogen) atoms. The average molecular weight is 454 g/mol. The summed E-state index contributed by atoms with van der Waals surface area (Å²) in [7, 11) is 0. The lowest BCUT2D eigenvalue weighted by Gasteiger charge is -2.26. The van der Waals surface area contributed by atoms with Crippen LogP contribution in [0.15, 0.2) is 6.33 Å². The maximum absolute atomic E-state index is 11.1. The van der Waals surface area contributed by atoms with Gasteiger partial charge < -0.3 is 20.9 Å². The molecule has 14 heteroatoms. The molecule has 0 aromatic carbocycles. The quantitative estimate of drug-likeness (QED) is 0.475. The number of nitrogen functional groups attached to an aromatic ring is 1. The number of rotatable bonds is 6. The molecule has 3 rings (SSSR count). The summed E-state index contributed by atoms with van der Waals surface area (Å²) in [4.78, 5) is 26.0. The van der Waals surface area contributed by atoms with Crippen LogP contribution in [0.25, 0.3) is 11.2 Å². The molecule has 0 aliphatic carbocycles. The SMILES string of the molecule is Nc1nc(NCCN2CCOCC2)nc2c1ncn2C(NC(=O)O)C(Cl)(Cl)Cl. The first-order valence-electron chi connectivity index (χ1n) is 8.36. The molecule has 2 aromatic heterocycles. The van der Waals surface area contributed by atoms with Gasteiger partial charge in [-0.25, -0.2) is 9.78 Å². The predicted molar refractivity (Wildman–Crippen MR) is 106 cm³/mol. The lowest BCUT2D eigenvalue weighted by molar-refractivity contribution is 0.0398. The Balaban J connectivity index is 1.82. The number of ether oxygens (including phenoxy) is 1. The number of aromatic nitrogens is 4. The summed E-state index contributed by atoms with van der Waals surface area (Å²) in [5, 5.41) is 14.3. The van der Waals surface area contributed by atoms with Crippen LogP contribution in [0.4, 0.5) is 16.6 Å². The van der Waals surface area contributed by atoms with Crippen LogP contribution in [0, 0.1) is 0 Å². The minimum Gasteiger partial charge on any atom is -0.465 e. The van der Waals surface area contributed by atoms with Gasteiger partial charge in [-0.15, -0.1) is 0 Å². The molecule has 1 unspecified atom stereocenters. The molecular weight excluding hydrogens is 435 g/mol. The van der Waals surface area contributed by atoms with E-state index in [0.29, 0.717) is 19.8 Å². The summed E-state index contributed by atoms with van der Waals surface area (Å²) in [6.07, 6.45) is -1.35. The van der Waals surface area contributed by atoms with E-state index in [9.17, 15) is 4.79 Å². The Morgan fingerprint density at radius 1 is 1.36 bits per heavy atom. The van der Waals surface area contributed by atoms with E-state index < -0.39 is 16.1 Å². The van der Waals surface area contributed by atoms with Crippen molar-refractivity contribution in [1.82, 2.24) is 29.7 Å². The Bertz CT molecular complexity index is 837. The van der Waals surface area contributed by atoms with Gasteiger partial charge in [-0.2, -0.15) is 9.97 Å². The molecule has 0 radical (unpaired) electrons. The van der Waals surface area contributed by atoms with Crippen LogP contribution in [0.2, 0.25) is 0 Å².